The number of nitrogens with two attached hydrogens (primary N) is 1. The Morgan fingerprint density at radius 1 is 0.778 bits per heavy atom. The van der Waals surface area contributed by atoms with E-state index in [9.17, 15) is 24.3 Å². The Hall–Kier alpha value is -3.61. The number of carboxylic acid groups (broad SMARTS) is 1. The van der Waals surface area contributed by atoms with Crippen LogP contribution in [-0.2, 0) is 32.0 Å². The lowest BCUT2D eigenvalue weighted by molar-refractivity contribution is -0.143. The Labute approximate surface area is 213 Å². The first kappa shape index (κ1) is 28.6. The van der Waals surface area contributed by atoms with Crippen LogP contribution in [0.4, 0.5) is 0 Å². The van der Waals surface area contributed by atoms with Crippen molar-refractivity contribution in [2.45, 2.75) is 37.0 Å². The van der Waals surface area contributed by atoms with Gasteiger partial charge in [-0.05, 0) is 29.7 Å². The van der Waals surface area contributed by atoms with E-state index in [0.717, 1.165) is 5.56 Å². The van der Waals surface area contributed by atoms with E-state index in [2.05, 4.69) is 28.6 Å². The number of benzene rings is 2. The highest BCUT2D eigenvalue weighted by atomic mass is 32.1. The number of aliphatic hydroxyl groups excluding tert-OH is 1. The third kappa shape index (κ3) is 8.87. The summed E-state index contributed by atoms with van der Waals surface area (Å²) in [7, 11) is 0. The monoisotopic (exact) mass is 518 g/mol. The number of carbonyl (C=O) groups is 4. The predicted molar refractivity (Wildman–Crippen MR) is 134 cm³/mol. The second kappa shape index (κ2) is 14.1. The van der Waals surface area contributed by atoms with Crippen LogP contribution in [0.3, 0.4) is 0 Å². The summed E-state index contributed by atoms with van der Waals surface area (Å²) < 4.78 is 0. The molecule has 36 heavy (non-hydrogen) atoms. The minimum absolute atomic E-state index is 0.0767. The SMILES string of the molecule is NC(Cc1ccc(O)cc1)C(=O)NC(Cc1ccccc1)C(=O)NC(CS)C(=O)NC(CO)C(=O)O. The molecule has 0 aliphatic heterocycles. The van der Waals surface area contributed by atoms with Crippen LogP contribution in [0, 0.1) is 0 Å². The number of nitrogens with one attached hydrogen (secondary N) is 3. The molecule has 2 aromatic rings. The Balaban J connectivity index is 2.13. The first-order valence-electron chi connectivity index (χ1n) is 11.1. The summed E-state index contributed by atoms with van der Waals surface area (Å²) >= 11 is 4.06. The molecule has 0 aromatic heterocycles. The lowest BCUT2D eigenvalue weighted by atomic mass is 10.0. The van der Waals surface area contributed by atoms with Gasteiger partial charge in [-0.1, -0.05) is 42.5 Å². The normalized spacial score (nSPS) is 14.1. The van der Waals surface area contributed by atoms with Crippen molar-refractivity contribution >= 4 is 36.3 Å². The van der Waals surface area contributed by atoms with Crippen molar-refractivity contribution in [2.75, 3.05) is 12.4 Å². The molecule has 11 nitrogen and oxygen atoms in total. The van der Waals surface area contributed by atoms with Gasteiger partial charge in [0.25, 0.3) is 0 Å². The smallest absolute Gasteiger partial charge is 0.328 e. The summed E-state index contributed by atoms with van der Waals surface area (Å²) in [5.74, 6) is -3.68. The standard InChI is InChI=1S/C24H30N4O7S/c25-17(10-15-6-8-16(30)9-7-15)21(31)26-18(11-14-4-2-1-3-5-14)22(32)28-20(13-36)23(33)27-19(12-29)24(34)35/h1-9,17-20,29-30,36H,10-13,25H2,(H,26,31)(H,27,33)(H,28,32)(H,34,35). The molecule has 0 spiro atoms. The van der Waals surface area contributed by atoms with Crippen LogP contribution >= 0.6 is 12.6 Å². The fraction of sp³-hybridized carbons (Fsp3) is 0.333. The minimum atomic E-state index is -1.55. The van der Waals surface area contributed by atoms with Crippen LogP contribution in [0.15, 0.2) is 54.6 Å². The highest BCUT2D eigenvalue weighted by Gasteiger charge is 2.29. The zero-order valence-corrected chi connectivity index (χ0v) is 20.2. The maximum absolute atomic E-state index is 13.1. The van der Waals surface area contributed by atoms with Crippen molar-refractivity contribution in [3.8, 4) is 5.75 Å². The Kier molecular flexibility index (Phi) is 11.2. The Bertz CT molecular complexity index is 1040. The highest BCUT2D eigenvalue weighted by Crippen LogP contribution is 2.11. The second-order valence-electron chi connectivity index (χ2n) is 8.05. The van der Waals surface area contributed by atoms with E-state index in [1.54, 1.807) is 42.5 Å². The number of carbonyl (C=O) groups excluding carboxylic acids is 3. The van der Waals surface area contributed by atoms with Gasteiger partial charge in [0.2, 0.25) is 17.7 Å². The summed E-state index contributed by atoms with van der Waals surface area (Å²) in [4.78, 5) is 49.4. The first-order chi connectivity index (χ1) is 17.1. The average molecular weight is 519 g/mol. The molecule has 4 unspecified atom stereocenters. The van der Waals surface area contributed by atoms with E-state index >= 15 is 0 Å². The van der Waals surface area contributed by atoms with E-state index in [1.165, 1.54) is 12.1 Å². The van der Waals surface area contributed by atoms with Gasteiger partial charge < -0.3 is 37.0 Å². The third-order valence-corrected chi connectivity index (χ3v) is 5.62. The van der Waals surface area contributed by atoms with Crippen LogP contribution < -0.4 is 21.7 Å². The summed E-state index contributed by atoms with van der Waals surface area (Å²) in [5, 5.41) is 34.8. The molecule has 8 N–H and O–H groups in total. The number of hydrogen-bond acceptors (Lipinski definition) is 8. The molecule has 3 amide bonds. The summed E-state index contributed by atoms with van der Waals surface area (Å²) in [6, 6.07) is 10.2. The Morgan fingerprint density at radius 2 is 1.31 bits per heavy atom. The van der Waals surface area contributed by atoms with E-state index in [0.29, 0.717) is 5.56 Å². The largest absolute Gasteiger partial charge is 0.508 e. The van der Waals surface area contributed by atoms with Crippen LogP contribution in [0.2, 0.25) is 0 Å². The van der Waals surface area contributed by atoms with Crippen molar-refractivity contribution in [3.63, 3.8) is 0 Å². The molecule has 2 rings (SSSR count). The van der Waals surface area contributed by atoms with Crippen LogP contribution in [-0.4, -0.2) is 75.5 Å². The minimum Gasteiger partial charge on any atom is -0.508 e. The van der Waals surface area contributed by atoms with Gasteiger partial charge in [0, 0.05) is 12.2 Å². The van der Waals surface area contributed by atoms with E-state index < -0.39 is 54.5 Å². The average Bonchev–Trinajstić information content (AvgIpc) is 2.86. The van der Waals surface area contributed by atoms with Crippen molar-refractivity contribution in [2.24, 2.45) is 5.73 Å². The van der Waals surface area contributed by atoms with Gasteiger partial charge in [-0.15, -0.1) is 0 Å². The van der Waals surface area contributed by atoms with Gasteiger partial charge in [0.05, 0.1) is 12.6 Å². The van der Waals surface area contributed by atoms with E-state index in [-0.39, 0.29) is 24.3 Å². The summed E-state index contributed by atoms with van der Waals surface area (Å²) in [6.07, 6.45) is 0.255. The molecule has 194 valence electrons. The molecule has 0 saturated heterocycles. The molecule has 0 aliphatic rings. The van der Waals surface area contributed by atoms with Crippen LogP contribution in [0.5, 0.6) is 5.75 Å². The van der Waals surface area contributed by atoms with Gasteiger partial charge in [0.15, 0.2) is 0 Å². The second-order valence-corrected chi connectivity index (χ2v) is 8.42. The number of rotatable bonds is 13. The molecular weight excluding hydrogens is 488 g/mol. The molecule has 2 aromatic carbocycles. The fourth-order valence-corrected chi connectivity index (χ4v) is 3.50. The van der Waals surface area contributed by atoms with Gasteiger partial charge >= 0.3 is 5.97 Å². The molecule has 0 radical (unpaired) electrons. The lowest BCUT2D eigenvalue weighted by Crippen LogP contribution is -2.58. The lowest BCUT2D eigenvalue weighted by Gasteiger charge is -2.24. The number of phenols is 1. The first-order valence-corrected chi connectivity index (χ1v) is 11.7. The van der Waals surface area contributed by atoms with E-state index in [1.807, 2.05) is 0 Å². The molecule has 4 atom stereocenters. The number of hydrogen-bond donors (Lipinski definition) is 8. The summed E-state index contributed by atoms with van der Waals surface area (Å²) in [5.41, 5.74) is 7.49. The molecule has 12 heteroatoms. The van der Waals surface area contributed by atoms with Gasteiger partial charge in [-0.2, -0.15) is 12.6 Å². The van der Waals surface area contributed by atoms with E-state index in [4.69, 9.17) is 15.9 Å². The fourth-order valence-electron chi connectivity index (χ4n) is 3.24. The number of aliphatic carboxylic acids is 1. The third-order valence-electron chi connectivity index (χ3n) is 5.26. The number of carboxylic acids is 1. The molecule has 0 fully saturated rings. The van der Waals surface area contributed by atoms with Crippen molar-refractivity contribution in [3.05, 3.63) is 65.7 Å². The molecule has 0 bridgehead atoms. The number of amides is 3. The van der Waals surface area contributed by atoms with Gasteiger partial charge in [-0.3, -0.25) is 14.4 Å². The molecular formula is C24H30N4O7S. The number of thiol groups is 1. The van der Waals surface area contributed by atoms with Crippen molar-refractivity contribution < 1.29 is 34.5 Å². The zero-order valence-electron chi connectivity index (χ0n) is 19.3. The van der Waals surface area contributed by atoms with Crippen molar-refractivity contribution in [1.82, 2.24) is 16.0 Å². The van der Waals surface area contributed by atoms with Gasteiger partial charge in [0.1, 0.15) is 23.9 Å². The quantitative estimate of drug-likeness (QED) is 0.154. The molecule has 0 saturated carbocycles. The number of aromatic hydroxyl groups is 1. The highest BCUT2D eigenvalue weighted by molar-refractivity contribution is 7.80. The summed E-state index contributed by atoms with van der Waals surface area (Å²) in [6.45, 7) is -0.833. The van der Waals surface area contributed by atoms with Crippen LogP contribution in [0.25, 0.3) is 0 Å². The topological polar surface area (TPSA) is 191 Å². The zero-order chi connectivity index (χ0) is 26.7. The number of phenolic OH excluding ortho intramolecular Hbond substituents is 1. The predicted octanol–water partition coefficient (Wildman–Crippen LogP) is -1.03. The maximum Gasteiger partial charge on any atom is 0.328 e. The maximum atomic E-state index is 13.1. The van der Waals surface area contributed by atoms with Crippen molar-refractivity contribution in [1.29, 1.82) is 0 Å². The molecule has 0 heterocycles. The molecule has 0 aliphatic carbocycles. The Morgan fingerprint density at radius 3 is 1.86 bits per heavy atom. The van der Waals surface area contributed by atoms with Gasteiger partial charge in [-0.25, -0.2) is 4.79 Å². The number of aliphatic hydroxyl groups is 1. The van der Waals surface area contributed by atoms with Crippen LogP contribution in [0.1, 0.15) is 11.1 Å².